The maximum atomic E-state index is 12.2. The number of benzene rings is 1. The van der Waals surface area contributed by atoms with Gasteiger partial charge in [-0.25, -0.2) is 4.79 Å². The van der Waals surface area contributed by atoms with Crippen LogP contribution in [0.3, 0.4) is 0 Å². The van der Waals surface area contributed by atoms with Gasteiger partial charge in [-0.1, -0.05) is 18.6 Å². The van der Waals surface area contributed by atoms with Crippen LogP contribution in [0.5, 0.6) is 0 Å². The number of hydrogen-bond donors (Lipinski definition) is 5. The van der Waals surface area contributed by atoms with Gasteiger partial charge in [0.2, 0.25) is 5.91 Å². The Balaban J connectivity index is 1.48. The summed E-state index contributed by atoms with van der Waals surface area (Å²) in [7, 11) is 0. The molecular formula is C23H29N5O6. The fourth-order valence-corrected chi connectivity index (χ4v) is 4.21. The lowest BCUT2D eigenvalue weighted by Crippen LogP contribution is -2.50. The minimum Gasteiger partial charge on any atom is -0.483 e. The minimum atomic E-state index is -1.40. The van der Waals surface area contributed by atoms with Gasteiger partial charge in [0.1, 0.15) is 24.1 Å². The van der Waals surface area contributed by atoms with Crippen LogP contribution in [0.25, 0.3) is 0 Å². The molecule has 182 valence electrons. The molecule has 0 saturated carbocycles. The molecule has 2 aromatic rings. The van der Waals surface area contributed by atoms with Crippen molar-refractivity contribution in [3.8, 4) is 0 Å². The molecule has 0 radical (unpaired) electrons. The smallest absolute Gasteiger partial charge is 0.351 e. The molecule has 1 saturated heterocycles. The van der Waals surface area contributed by atoms with E-state index in [9.17, 15) is 19.8 Å². The zero-order valence-electron chi connectivity index (χ0n) is 18.5. The molecule has 1 amide bonds. The van der Waals surface area contributed by atoms with Crippen molar-refractivity contribution in [3.63, 3.8) is 0 Å². The average molecular weight is 472 g/mol. The number of ether oxygens (including phenoxy) is 2. The van der Waals surface area contributed by atoms with Gasteiger partial charge < -0.3 is 36.5 Å². The second-order valence-corrected chi connectivity index (χ2v) is 8.41. The van der Waals surface area contributed by atoms with Crippen molar-refractivity contribution in [1.82, 2.24) is 9.55 Å². The van der Waals surface area contributed by atoms with Crippen LogP contribution in [-0.4, -0.2) is 50.5 Å². The molecule has 0 bridgehead atoms. The van der Waals surface area contributed by atoms with E-state index in [2.05, 4.69) is 10.3 Å². The molecule has 0 aliphatic carbocycles. The van der Waals surface area contributed by atoms with Crippen molar-refractivity contribution in [3.05, 3.63) is 64.9 Å². The Labute approximate surface area is 196 Å². The van der Waals surface area contributed by atoms with Gasteiger partial charge in [-0.15, -0.1) is 0 Å². The van der Waals surface area contributed by atoms with Crippen molar-refractivity contribution in [1.29, 1.82) is 0 Å². The molecule has 11 heteroatoms. The maximum absolute atomic E-state index is 12.2. The number of amides is 1. The van der Waals surface area contributed by atoms with E-state index in [0.717, 1.165) is 23.8 Å². The van der Waals surface area contributed by atoms with Crippen LogP contribution in [0.15, 0.2) is 53.7 Å². The quantitative estimate of drug-likeness (QED) is 0.323. The Morgan fingerprint density at radius 3 is 2.50 bits per heavy atom. The highest BCUT2D eigenvalue weighted by Crippen LogP contribution is 2.46. The molecule has 1 unspecified atom stereocenters. The Kier molecular flexibility index (Phi) is 6.98. The second kappa shape index (κ2) is 9.94. The molecule has 1 aromatic heterocycles. The third-order valence-corrected chi connectivity index (χ3v) is 6.09. The third kappa shape index (κ3) is 4.55. The van der Waals surface area contributed by atoms with Crippen molar-refractivity contribution >= 4 is 17.4 Å². The molecule has 1 aromatic carbocycles. The molecule has 4 rings (SSSR count). The number of anilines is 2. The summed E-state index contributed by atoms with van der Waals surface area (Å²) in [6.45, 7) is 0.617. The first-order valence-electron chi connectivity index (χ1n) is 11.2. The fourth-order valence-electron chi connectivity index (χ4n) is 4.21. The van der Waals surface area contributed by atoms with Crippen LogP contribution in [0.4, 0.5) is 11.5 Å². The number of aliphatic hydroxyl groups is 2. The van der Waals surface area contributed by atoms with Gasteiger partial charge in [0, 0.05) is 29.9 Å². The first-order valence-corrected chi connectivity index (χ1v) is 11.2. The van der Waals surface area contributed by atoms with E-state index in [1.807, 2.05) is 0 Å². The normalized spacial score (nSPS) is 27.7. The van der Waals surface area contributed by atoms with Crippen molar-refractivity contribution in [2.45, 2.75) is 55.8 Å². The number of carbonyl (C=O) groups excluding carboxylic acids is 1. The van der Waals surface area contributed by atoms with Crippen molar-refractivity contribution < 1.29 is 24.5 Å². The number of aliphatic hydroxyl groups excluding tert-OH is 2. The predicted octanol–water partition coefficient (Wildman–Crippen LogP) is 0.342. The number of nitrogen functional groups attached to an aromatic ring is 1. The van der Waals surface area contributed by atoms with E-state index in [1.165, 1.54) is 18.5 Å². The highest BCUT2D eigenvalue weighted by atomic mass is 16.6. The lowest BCUT2D eigenvalue weighted by molar-refractivity contribution is -0.145. The Morgan fingerprint density at radius 2 is 1.88 bits per heavy atom. The van der Waals surface area contributed by atoms with Gasteiger partial charge in [-0.3, -0.25) is 9.36 Å². The molecule has 2 aliphatic rings. The topological polar surface area (TPSA) is 175 Å². The number of unbranched alkanes of at least 4 members (excludes halogenated alkanes) is 2. The summed E-state index contributed by atoms with van der Waals surface area (Å²) in [6.07, 6.45) is 2.58. The second-order valence-electron chi connectivity index (χ2n) is 8.41. The molecule has 1 fully saturated rings. The number of carbonyl (C=O) groups is 1. The van der Waals surface area contributed by atoms with E-state index in [-0.39, 0.29) is 11.7 Å². The van der Waals surface area contributed by atoms with Crippen molar-refractivity contribution in [2.24, 2.45) is 5.73 Å². The molecule has 3 heterocycles. The SMILES string of the molecule is NCCCCCC(=O)Nc1ccc(C2([C@H]3O[C@@H](n4ccc(N)nc4=O)[C@H](O)[C@@H]3O)C=CO2)cc1. The van der Waals surface area contributed by atoms with Crippen LogP contribution in [0.2, 0.25) is 0 Å². The summed E-state index contributed by atoms with van der Waals surface area (Å²) in [6, 6.07) is 8.36. The molecule has 7 N–H and O–H groups in total. The Bertz CT molecular complexity index is 1100. The van der Waals surface area contributed by atoms with Crippen molar-refractivity contribution in [2.75, 3.05) is 17.6 Å². The Morgan fingerprint density at radius 1 is 1.15 bits per heavy atom. The lowest BCUT2D eigenvalue weighted by atomic mass is 9.82. The predicted molar refractivity (Wildman–Crippen MR) is 123 cm³/mol. The van der Waals surface area contributed by atoms with Gasteiger partial charge in [-0.05, 0) is 37.6 Å². The first kappa shape index (κ1) is 23.9. The molecule has 5 atom stereocenters. The lowest BCUT2D eigenvalue weighted by Gasteiger charge is -2.41. The van der Waals surface area contributed by atoms with Gasteiger partial charge in [-0.2, -0.15) is 4.98 Å². The zero-order chi connectivity index (χ0) is 24.3. The van der Waals surface area contributed by atoms with E-state index >= 15 is 0 Å². The molecule has 0 spiro atoms. The van der Waals surface area contributed by atoms with Crippen LogP contribution in [0, 0.1) is 0 Å². The summed E-state index contributed by atoms with van der Waals surface area (Å²) >= 11 is 0. The van der Waals surface area contributed by atoms with E-state index in [4.69, 9.17) is 20.9 Å². The van der Waals surface area contributed by atoms with Gasteiger partial charge >= 0.3 is 5.69 Å². The minimum absolute atomic E-state index is 0.0373. The van der Waals surface area contributed by atoms with Gasteiger partial charge in [0.25, 0.3) is 0 Å². The standard InChI is InChI=1S/C23H29N5O6/c24-11-3-1-2-4-17(29)26-15-7-5-14(6-8-15)23(10-13-33-23)20-18(30)19(31)21(34-20)28-12-9-16(25)27-22(28)32/h5-10,12-13,18-21,30-31H,1-4,11,24H2,(H,26,29)(H2,25,27,32)/t18-,19+,20-,21+,23?/m0/s1. The number of nitrogens with zero attached hydrogens (tertiary/aromatic N) is 2. The van der Waals surface area contributed by atoms with E-state index in [0.29, 0.717) is 24.2 Å². The third-order valence-electron chi connectivity index (χ3n) is 6.09. The van der Waals surface area contributed by atoms with E-state index in [1.54, 1.807) is 30.3 Å². The van der Waals surface area contributed by atoms with Gasteiger partial charge in [0.15, 0.2) is 11.8 Å². The highest BCUT2D eigenvalue weighted by Gasteiger charge is 2.57. The largest absolute Gasteiger partial charge is 0.483 e. The monoisotopic (exact) mass is 471 g/mol. The van der Waals surface area contributed by atoms with Crippen LogP contribution >= 0.6 is 0 Å². The molecule has 11 nitrogen and oxygen atoms in total. The average Bonchev–Trinajstić information content (AvgIpc) is 3.07. The molecule has 2 aliphatic heterocycles. The molecule has 34 heavy (non-hydrogen) atoms. The van der Waals surface area contributed by atoms with Crippen LogP contribution in [-0.2, 0) is 19.9 Å². The highest BCUT2D eigenvalue weighted by molar-refractivity contribution is 5.90. The maximum Gasteiger partial charge on any atom is 0.351 e. The fraction of sp³-hybridized carbons (Fsp3) is 0.435. The summed E-state index contributed by atoms with van der Waals surface area (Å²) in [5.41, 5.74) is 10.4. The van der Waals surface area contributed by atoms with Crippen LogP contribution < -0.4 is 22.5 Å². The summed E-state index contributed by atoms with van der Waals surface area (Å²) in [5.74, 6) is -0.0439. The number of rotatable bonds is 9. The zero-order valence-corrected chi connectivity index (χ0v) is 18.5. The Hall–Kier alpha value is -3.25. The first-order chi connectivity index (χ1) is 16.4. The van der Waals surface area contributed by atoms with Crippen LogP contribution in [0.1, 0.15) is 37.5 Å². The summed E-state index contributed by atoms with van der Waals surface area (Å²) in [5, 5.41) is 24.3. The number of nitrogens with one attached hydrogen (secondary N) is 1. The summed E-state index contributed by atoms with van der Waals surface area (Å²) in [4.78, 5) is 28.0. The summed E-state index contributed by atoms with van der Waals surface area (Å²) < 4.78 is 12.8. The molecular weight excluding hydrogens is 442 g/mol. The number of aromatic nitrogens is 2. The van der Waals surface area contributed by atoms with Gasteiger partial charge in [0.05, 0.1) is 6.26 Å². The number of nitrogens with two attached hydrogens (primary N) is 2. The number of hydrogen-bond acceptors (Lipinski definition) is 9. The van der Waals surface area contributed by atoms with E-state index < -0.39 is 35.8 Å².